The summed E-state index contributed by atoms with van der Waals surface area (Å²) in [6, 6.07) is 5.04. The molecule has 1 amide bonds. The molecule has 0 aromatic carbocycles. The van der Waals surface area contributed by atoms with E-state index < -0.39 is 5.91 Å². The number of aromatic nitrogens is 5. The van der Waals surface area contributed by atoms with Crippen molar-refractivity contribution in [1.82, 2.24) is 25.8 Å². The third kappa shape index (κ3) is 2.61. The minimum Gasteiger partial charge on any atom is -0.465 e. The van der Waals surface area contributed by atoms with E-state index in [1.165, 1.54) is 6.07 Å². The molecule has 3 heterocycles. The van der Waals surface area contributed by atoms with Crippen molar-refractivity contribution in [3.8, 4) is 0 Å². The van der Waals surface area contributed by atoms with Crippen LogP contribution in [-0.4, -0.2) is 31.7 Å². The average Bonchev–Trinajstić information content (AvgIpc) is 3.19. The summed E-state index contributed by atoms with van der Waals surface area (Å²) in [5, 5.41) is 18.8. The second-order valence-corrected chi connectivity index (χ2v) is 3.65. The molecule has 0 atom stereocenters. The molecule has 9 nitrogen and oxygen atoms in total. The quantitative estimate of drug-likeness (QED) is 0.731. The summed E-state index contributed by atoms with van der Waals surface area (Å²) in [5.41, 5.74) is 0.105. The Morgan fingerprint density at radius 2 is 2.25 bits per heavy atom. The Morgan fingerprint density at radius 1 is 1.35 bits per heavy atom. The lowest BCUT2D eigenvalue weighted by Crippen LogP contribution is -2.13. The molecule has 3 aromatic heterocycles. The van der Waals surface area contributed by atoms with E-state index in [1.807, 2.05) is 0 Å². The number of nitrogens with one attached hydrogen (secondary N) is 2. The molecular formula is C11H8N6O3. The minimum absolute atomic E-state index is 0.0608. The first-order chi connectivity index (χ1) is 9.81. The molecule has 0 aliphatic carbocycles. The van der Waals surface area contributed by atoms with Crippen molar-refractivity contribution >= 4 is 24.0 Å². The average molecular weight is 272 g/mol. The predicted molar refractivity (Wildman–Crippen MR) is 66.3 cm³/mol. The molecule has 0 aliphatic rings. The maximum atomic E-state index is 11.8. The Morgan fingerprint density at radius 3 is 3.00 bits per heavy atom. The second kappa shape index (κ2) is 5.18. The molecule has 0 bridgehead atoms. The van der Waals surface area contributed by atoms with Gasteiger partial charge in [-0.3, -0.25) is 10.1 Å². The Hall–Kier alpha value is -3.23. The van der Waals surface area contributed by atoms with Gasteiger partial charge in [-0.25, -0.2) is 0 Å². The highest BCUT2D eigenvalue weighted by atomic mass is 16.5. The van der Waals surface area contributed by atoms with Crippen molar-refractivity contribution in [3.05, 3.63) is 41.7 Å². The summed E-state index contributed by atoms with van der Waals surface area (Å²) in [5.74, 6) is 0.650. The largest absolute Gasteiger partial charge is 0.465 e. The zero-order chi connectivity index (χ0) is 13.8. The van der Waals surface area contributed by atoms with Gasteiger partial charge in [-0.2, -0.15) is 5.21 Å². The highest BCUT2D eigenvalue weighted by Gasteiger charge is 2.13. The fourth-order valence-corrected chi connectivity index (χ4v) is 1.41. The second-order valence-electron chi connectivity index (χ2n) is 3.65. The van der Waals surface area contributed by atoms with Gasteiger partial charge >= 0.3 is 0 Å². The van der Waals surface area contributed by atoms with Gasteiger partial charge in [0.2, 0.25) is 0 Å². The number of nitrogens with zero attached hydrogens (tertiary/aromatic N) is 4. The number of rotatable bonds is 4. The summed E-state index contributed by atoms with van der Waals surface area (Å²) in [6.45, 7) is 0. The van der Waals surface area contributed by atoms with Crippen LogP contribution in [-0.2, 0) is 0 Å². The van der Waals surface area contributed by atoms with Crippen molar-refractivity contribution < 1.29 is 13.7 Å². The number of aromatic amines is 1. The molecule has 0 fully saturated rings. The fourth-order valence-electron chi connectivity index (χ4n) is 1.41. The normalized spacial score (nSPS) is 11.0. The van der Waals surface area contributed by atoms with Crippen LogP contribution in [0, 0.1) is 0 Å². The molecule has 0 saturated carbocycles. The molecule has 3 aromatic rings. The number of amides is 1. The first kappa shape index (κ1) is 11.8. The summed E-state index contributed by atoms with van der Waals surface area (Å²) < 4.78 is 10.1. The number of hydrogen-bond donors (Lipinski definition) is 2. The zero-order valence-corrected chi connectivity index (χ0v) is 9.98. The first-order valence-electron chi connectivity index (χ1n) is 5.54. The first-order valence-corrected chi connectivity index (χ1v) is 5.54. The van der Waals surface area contributed by atoms with Crippen LogP contribution in [0.4, 0.5) is 5.95 Å². The predicted octanol–water partition coefficient (Wildman–Crippen LogP) is 1.20. The van der Waals surface area contributed by atoms with Crippen molar-refractivity contribution in [2.75, 3.05) is 5.32 Å². The van der Waals surface area contributed by atoms with Crippen LogP contribution < -0.4 is 5.32 Å². The smallest absolute Gasteiger partial charge is 0.280 e. The van der Waals surface area contributed by atoms with Gasteiger partial charge in [0, 0.05) is 6.07 Å². The number of furan rings is 1. The lowest BCUT2D eigenvalue weighted by molar-refractivity contribution is 0.101. The van der Waals surface area contributed by atoms with Gasteiger partial charge in [-0.1, -0.05) is 10.3 Å². The van der Waals surface area contributed by atoms with Crippen LogP contribution in [0.3, 0.4) is 0 Å². The number of hydrogen-bond acceptors (Lipinski definition) is 7. The van der Waals surface area contributed by atoms with E-state index >= 15 is 0 Å². The SMILES string of the molecule is O=C(Nc1nn[nH]n1)c1cc(/C=C/c2ccco2)on1. The maximum absolute atomic E-state index is 11.8. The monoisotopic (exact) mass is 272 g/mol. The van der Waals surface area contributed by atoms with E-state index in [0.717, 1.165) is 0 Å². The lowest BCUT2D eigenvalue weighted by atomic mass is 10.3. The molecule has 0 aliphatic heterocycles. The van der Waals surface area contributed by atoms with Crippen molar-refractivity contribution in [2.45, 2.75) is 0 Å². The Balaban J connectivity index is 1.68. The summed E-state index contributed by atoms with van der Waals surface area (Å²) in [4.78, 5) is 11.8. The van der Waals surface area contributed by atoms with Gasteiger partial charge in [-0.15, -0.1) is 5.10 Å². The number of carbonyl (C=O) groups excluding carboxylic acids is 1. The van der Waals surface area contributed by atoms with E-state index in [2.05, 4.69) is 31.1 Å². The molecule has 0 spiro atoms. The number of carbonyl (C=O) groups is 1. The number of anilines is 1. The molecule has 0 unspecified atom stereocenters. The lowest BCUT2D eigenvalue weighted by Gasteiger charge is -1.92. The third-order valence-corrected chi connectivity index (χ3v) is 2.29. The molecule has 20 heavy (non-hydrogen) atoms. The van der Waals surface area contributed by atoms with Gasteiger partial charge in [0.15, 0.2) is 11.5 Å². The molecule has 0 radical (unpaired) electrons. The molecule has 3 rings (SSSR count). The van der Waals surface area contributed by atoms with Crippen LogP contribution >= 0.6 is 0 Å². The number of H-pyrrole nitrogens is 1. The fraction of sp³-hybridized carbons (Fsp3) is 0. The summed E-state index contributed by atoms with van der Waals surface area (Å²) in [7, 11) is 0. The highest BCUT2D eigenvalue weighted by Crippen LogP contribution is 2.10. The standard InChI is InChI=1S/C11H8N6O3/c18-10(12-11-13-16-17-14-11)9-6-8(20-15-9)4-3-7-2-1-5-19-7/h1-6H,(H2,12,13,14,16,17,18)/b4-3+. The van der Waals surface area contributed by atoms with E-state index in [1.54, 1.807) is 30.5 Å². The maximum Gasteiger partial charge on any atom is 0.280 e. The Bertz CT molecular complexity index is 713. The molecule has 2 N–H and O–H groups in total. The van der Waals surface area contributed by atoms with Gasteiger partial charge in [0.1, 0.15) is 5.76 Å². The van der Waals surface area contributed by atoms with Crippen LogP contribution in [0.15, 0.2) is 33.4 Å². The van der Waals surface area contributed by atoms with Crippen molar-refractivity contribution in [1.29, 1.82) is 0 Å². The third-order valence-electron chi connectivity index (χ3n) is 2.29. The molecule has 9 heteroatoms. The van der Waals surface area contributed by atoms with Gasteiger partial charge in [0.25, 0.3) is 11.9 Å². The van der Waals surface area contributed by atoms with Crippen LogP contribution in [0.1, 0.15) is 22.0 Å². The summed E-state index contributed by atoms with van der Waals surface area (Å²) in [6.07, 6.45) is 4.89. The highest BCUT2D eigenvalue weighted by molar-refractivity contribution is 6.01. The molecular weight excluding hydrogens is 264 g/mol. The van der Waals surface area contributed by atoms with E-state index in [0.29, 0.717) is 11.5 Å². The van der Waals surface area contributed by atoms with E-state index in [9.17, 15) is 4.79 Å². The van der Waals surface area contributed by atoms with Gasteiger partial charge in [-0.05, 0) is 29.5 Å². The van der Waals surface area contributed by atoms with Crippen LogP contribution in [0.25, 0.3) is 12.2 Å². The molecule has 100 valence electrons. The Kier molecular flexibility index (Phi) is 3.07. The number of tetrazole rings is 1. The van der Waals surface area contributed by atoms with Crippen molar-refractivity contribution in [3.63, 3.8) is 0 Å². The van der Waals surface area contributed by atoms with Crippen molar-refractivity contribution in [2.24, 2.45) is 0 Å². The minimum atomic E-state index is -0.493. The van der Waals surface area contributed by atoms with Crippen LogP contribution in [0.5, 0.6) is 0 Å². The van der Waals surface area contributed by atoms with E-state index in [-0.39, 0.29) is 11.6 Å². The Labute approximate surface area is 111 Å². The van der Waals surface area contributed by atoms with Crippen LogP contribution in [0.2, 0.25) is 0 Å². The van der Waals surface area contributed by atoms with Gasteiger partial charge < -0.3 is 8.94 Å². The summed E-state index contributed by atoms with van der Waals surface area (Å²) >= 11 is 0. The topological polar surface area (TPSA) is 123 Å². The van der Waals surface area contributed by atoms with Gasteiger partial charge in [0.05, 0.1) is 6.26 Å². The molecule has 0 saturated heterocycles. The van der Waals surface area contributed by atoms with E-state index in [4.69, 9.17) is 8.94 Å². The zero-order valence-electron chi connectivity index (χ0n) is 9.98.